The van der Waals surface area contributed by atoms with E-state index in [0.29, 0.717) is 17.6 Å². The van der Waals surface area contributed by atoms with Gasteiger partial charge >= 0.3 is 0 Å². The number of rotatable bonds is 4. The van der Waals surface area contributed by atoms with Crippen molar-refractivity contribution in [2.24, 2.45) is 14.1 Å². The molecule has 7 heteroatoms. The largest absolute Gasteiger partial charge is 0.297 e. The van der Waals surface area contributed by atoms with Crippen LogP contribution in [0.2, 0.25) is 0 Å². The molecule has 0 aromatic carbocycles. The first kappa shape index (κ1) is 13.5. The van der Waals surface area contributed by atoms with Crippen molar-refractivity contribution in [1.82, 2.24) is 29.1 Å². The molecule has 3 heterocycles. The molecule has 0 radical (unpaired) electrons. The van der Waals surface area contributed by atoms with E-state index in [2.05, 4.69) is 15.2 Å². The molecule has 3 aromatic heterocycles. The highest BCUT2D eigenvalue weighted by atomic mass is 16.1. The van der Waals surface area contributed by atoms with E-state index in [0.717, 1.165) is 24.1 Å². The van der Waals surface area contributed by atoms with Crippen molar-refractivity contribution >= 4 is 11.0 Å². The molecule has 3 aromatic rings. The number of fused-ring (bicyclic) bond motifs is 1. The molecular formula is C14H18N6O. The van der Waals surface area contributed by atoms with Crippen molar-refractivity contribution in [2.75, 3.05) is 0 Å². The second kappa shape index (κ2) is 5.16. The van der Waals surface area contributed by atoms with Crippen LogP contribution < -0.4 is 5.56 Å². The molecule has 3 rings (SSSR count). The Kier molecular flexibility index (Phi) is 3.32. The lowest BCUT2D eigenvalue weighted by Crippen LogP contribution is -2.23. The molecule has 0 N–H and O–H groups in total. The number of hydrogen-bond acceptors (Lipinski definition) is 4. The van der Waals surface area contributed by atoms with Crippen LogP contribution in [0.1, 0.15) is 18.2 Å². The van der Waals surface area contributed by atoms with Gasteiger partial charge in [0.05, 0.1) is 18.2 Å². The van der Waals surface area contributed by atoms with E-state index in [-0.39, 0.29) is 5.56 Å². The van der Waals surface area contributed by atoms with E-state index in [9.17, 15) is 4.79 Å². The van der Waals surface area contributed by atoms with E-state index in [1.165, 1.54) is 0 Å². The highest BCUT2D eigenvalue weighted by molar-refractivity contribution is 5.76. The highest BCUT2D eigenvalue weighted by Gasteiger charge is 2.13. The first-order chi connectivity index (χ1) is 10.1. The van der Waals surface area contributed by atoms with Crippen LogP contribution in [-0.4, -0.2) is 29.1 Å². The first-order valence-corrected chi connectivity index (χ1v) is 6.98. The van der Waals surface area contributed by atoms with Gasteiger partial charge in [0.1, 0.15) is 5.52 Å². The summed E-state index contributed by atoms with van der Waals surface area (Å²) in [5.41, 5.74) is 3.20. The van der Waals surface area contributed by atoms with Gasteiger partial charge in [-0.3, -0.25) is 18.7 Å². The van der Waals surface area contributed by atoms with Gasteiger partial charge < -0.3 is 0 Å². The lowest BCUT2D eigenvalue weighted by atomic mass is 10.2. The Hall–Kier alpha value is -2.44. The van der Waals surface area contributed by atoms with Crippen LogP contribution in [0.3, 0.4) is 0 Å². The average molecular weight is 286 g/mol. The monoisotopic (exact) mass is 286 g/mol. The van der Waals surface area contributed by atoms with Crippen LogP contribution in [0.25, 0.3) is 11.0 Å². The molecule has 21 heavy (non-hydrogen) atoms. The minimum absolute atomic E-state index is 0.0430. The van der Waals surface area contributed by atoms with Gasteiger partial charge in [-0.05, 0) is 18.4 Å². The zero-order valence-corrected chi connectivity index (χ0v) is 12.4. The van der Waals surface area contributed by atoms with Gasteiger partial charge in [0.2, 0.25) is 0 Å². The fourth-order valence-corrected chi connectivity index (χ4v) is 2.51. The second-order valence-corrected chi connectivity index (χ2v) is 5.14. The predicted molar refractivity (Wildman–Crippen MR) is 79.1 cm³/mol. The molecule has 0 spiro atoms. The van der Waals surface area contributed by atoms with E-state index in [4.69, 9.17) is 0 Å². The highest BCUT2D eigenvalue weighted by Crippen LogP contribution is 2.11. The minimum Gasteiger partial charge on any atom is -0.297 e. The fraction of sp³-hybridized carbons (Fsp3) is 0.429. The number of aryl methyl sites for hydroxylation is 5. The summed E-state index contributed by atoms with van der Waals surface area (Å²) in [5.74, 6) is 0. The smallest absolute Gasteiger partial charge is 0.279 e. The Bertz CT molecular complexity index is 841. The summed E-state index contributed by atoms with van der Waals surface area (Å²) in [5, 5.41) is 8.49. The molecule has 0 aliphatic carbocycles. The summed E-state index contributed by atoms with van der Waals surface area (Å²) >= 11 is 0. The van der Waals surface area contributed by atoms with Crippen molar-refractivity contribution in [2.45, 2.75) is 26.3 Å². The SMILES string of the molecule is CCc1nn(C)c2c(=O)n(CCc3cnn(C)c3)cnc12. The maximum atomic E-state index is 12.5. The van der Waals surface area contributed by atoms with E-state index in [1.807, 2.05) is 26.4 Å². The van der Waals surface area contributed by atoms with Crippen molar-refractivity contribution in [3.05, 3.63) is 40.3 Å². The number of hydrogen-bond donors (Lipinski definition) is 0. The lowest BCUT2D eigenvalue weighted by molar-refractivity contribution is 0.655. The summed E-state index contributed by atoms with van der Waals surface area (Å²) in [6.07, 6.45) is 6.90. The third-order valence-corrected chi connectivity index (χ3v) is 3.62. The van der Waals surface area contributed by atoms with Crippen molar-refractivity contribution < 1.29 is 0 Å². The van der Waals surface area contributed by atoms with Crippen LogP contribution in [0.5, 0.6) is 0 Å². The standard InChI is InChI=1S/C14H18N6O/c1-4-11-12-13(19(3)17-11)14(21)20(9-15-12)6-5-10-7-16-18(2)8-10/h7-9H,4-6H2,1-3H3. The van der Waals surface area contributed by atoms with Crippen molar-refractivity contribution in [1.29, 1.82) is 0 Å². The Labute approximate surface area is 121 Å². The maximum Gasteiger partial charge on any atom is 0.279 e. The van der Waals surface area contributed by atoms with Gasteiger partial charge in [0.15, 0.2) is 5.52 Å². The average Bonchev–Trinajstić information content (AvgIpc) is 3.02. The molecule has 0 aliphatic heterocycles. The topological polar surface area (TPSA) is 70.5 Å². The van der Waals surface area contributed by atoms with Crippen LogP contribution in [0.15, 0.2) is 23.5 Å². The summed E-state index contributed by atoms with van der Waals surface area (Å²) in [4.78, 5) is 17.0. The zero-order chi connectivity index (χ0) is 15.0. The molecule has 0 fully saturated rings. The predicted octanol–water partition coefficient (Wildman–Crippen LogP) is 0.669. The Morgan fingerprint density at radius 2 is 2.10 bits per heavy atom. The minimum atomic E-state index is -0.0430. The third-order valence-electron chi connectivity index (χ3n) is 3.62. The quantitative estimate of drug-likeness (QED) is 0.707. The molecule has 0 amide bonds. The number of nitrogens with zero attached hydrogens (tertiary/aromatic N) is 6. The Morgan fingerprint density at radius 3 is 2.76 bits per heavy atom. The van der Waals surface area contributed by atoms with Gasteiger partial charge in [-0.25, -0.2) is 4.98 Å². The van der Waals surface area contributed by atoms with Gasteiger partial charge in [0, 0.05) is 26.8 Å². The van der Waals surface area contributed by atoms with Gasteiger partial charge in [0.25, 0.3) is 5.56 Å². The first-order valence-electron chi connectivity index (χ1n) is 6.98. The number of aromatic nitrogens is 6. The zero-order valence-electron chi connectivity index (χ0n) is 12.4. The van der Waals surface area contributed by atoms with Gasteiger partial charge in [-0.2, -0.15) is 10.2 Å². The van der Waals surface area contributed by atoms with Crippen LogP contribution in [0.4, 0.5) is 0 Å². The van der Waals surface area contributed by atoms with Gasteiger partial charge in [-0.1, -0.05) is 6.92 Å². The Balaban J connectivity index is 1.95. The van der Waals surface area contributed by atoms with Crippen LogP contribution >= 0.6 is 0 Å². The van der Waals surface area contributed by atoms with Crippen molar-refractivity contribution in [3.63, 3.8) is 0 Å². The maximum absolute atomic E-state index is 12.5. The van der Waals surface area contributed by atoms with E-state index < -0.39 is 0 Å². The molecule has 0 saturated heterocycles. The fourth-order valence-electron chi connectivity index (χ4n) is 2.51. The van der Waals surface area contributed by atoms with Gasteiger partial charge in [-0.15, -0.1) is 0 Å². The molecule has 0 atom stereocenters. The summed E-state index contributed by atoms with van der Waals surface area (Å²) in [6.45, 7) is 2.59. The van der Waals surface area contributed by atoms with Crippen molar-refractivity contribution in [3.8, 4) is 0 Å². The molecule has 0 aliphatic rings. The van der Waals surface area contributed by atoms with E-state index in [1.54, 1.807) is 27.3 Å². The Morgan fingerprint density at radius 1 is 1.29 bits per heavy atom. The molecule has 110 valence electrons. The summed E-state index contributed by atoms with van der Waals surface area (Å²) in [6, 6.07) is 0. The third kappa shape index (κ3) is 2.35. The molecule has 7 nitrogen and oxygen atoms in total. The molecule has 0 saturated carbocycles. The van der Waals surface area contributed by atoms with E-state index >= 15 is 0 Å². The molecule has 0 bridgehead atoms. The molecule has 0 unspecified atom stereocenters. The van der Waals surface area contributed by atoms with Crippen LogP contribution in [0, 0.1) is 0 Å². The lowest BCUT2D eigenvalue weighted by Gasteiger charge is -2.04. The second-order valence-electron chi connectivity index (χ2n) is 5.14. The normalized spacial score (nSPS) is 11.4. The summed E-state index contributed by atoms with van der Waals surface area (Å²) in [7, 11) is 3.67. The molecular weight excluding hydrogens is 268 g/mol. The van der Waals surface area contributed by atoms with Crippen LogP contribution in [-0.2, 0) is 33.5 Å². The summed E-state index contributed by atoms with van der Waals surface area (Å²) < 4.78 is 5.02.